The van der Waals surface area contributed by atoms with Crippen molar-refractivity contribution in [1.82, 2.24) is 24.1 Å². The topological polar surface area (TPSA) is 60.0 Å². The van der Waals surface area contributed by atoms with Gasteiger partial charge in [0.25, 0.3) is 0 Å². The Kier molecular flexibility index (Phi) is 3.68. The maximum atomic E-state index is 14.5. The molecule has 25 heavy (non-hydrogen) atoms. The Morgan fingerprint density at radius 1 is 1.08 bits per heavy atom. The lowest BCUT2D eigenvalue weighted by Gasteiger charge is -2.10. The van der Waals surface area contributed by atoms with E-state index < -0.39 is 0 Å². The largest absolute Gasteiger partial charge is 0.364 e. The molecule has 0 atom stereocenters. The van der Waals surface area contributed by atoms with Gasteiger partial charge in [-0.1, -0.05) is 6.07 Å². The van der Waals surface area contributed by atoms with Crippen LogP contribution in [0.5, 0.6) is 0 Å². The summed E-state index contributed by atoms with van der Waals surface area (Å²) < 4.78 is 18.0. The molecule has 1 N–H and O–H groups in total. The SMILES string of the molecule is Cc1cc2c(NCc3ccc(-n4ccnc4C)c(F)c3)nccn2n1. The average molecular weight is 336 g/mol. The minimum Gasteiger partial charge on any atom is -0.364 e. The van der Waals surface area contributed by atoms with E-state index >= 15 is 0 Å². The molecule has 6 nitrogen and oxygen atoms in total. The van der Waals surface area contributed by atoms with Crippen LogP contribution in [-0.4, -0.2) is 24.1 Å². The first-order chi connectivity index (χ1) is 12.1. The zero-order valence-electron chi connectivity index (χ0n) is 13.9. The van der Waals surface area contributed by atoms with E-state index in [4.69, 9.17) is 0 Å². The number of rotatable bonds is 4. The number of anilines is 1. The van der Waals surface area contributed by atoms with Crippen molar-refractivity contribution in [3.05, 3.63) is 72.0 Å². The summed E-state index contributed by atoms with van der Waals surface area (Å²) in [6.45, 7) is 4.24. The molecule has 0 saturated carbocycles. The van der Waals surface area contributed by atoms with Gasteiger partial charge in [-0.3, -0.25) is 0 Å². The number of imidazole rings is 1. The van der Waals surface area contributed by atoms with E-state index in [-0.39, 0.29) is 5.82 Å². The van der Waals surface area contributed by atoms with E-state index in [1.165, 1.54) is 6.07 Å². The minimum atomic E-state index is -0.285. The van der Waals surface area contributed by atoms with Crippen LogP contribution in [0, 0.1) is 19.7 Å². The third-order valence-electron chi connectivity index (χ3n) is 4.07. The number of fused-ring (bicyclic) bond motifs is 1. The first-order valence-electron chi connectivity index (χ1n) is 7.95. The predicted octanol–water partition coefficient (Wildman–Crippen LogP) is 3.28. The molecule has 3 heterocycles. The molecule has 0 aliphatic heterocycles. The van der Waals surface area contributed by atoms with E-state index in [1.807, 2.05) is 26.0 Å². The van der Waals surface area contributed by atoms with Crippen LogP contribution in [0.25, 0.3) is 11.2 Å². The van der Waals surface area contributed by atoms with E-state index in [1.54, 1.807) is 39.9 Å². The lowest BCUT2D eigenvalue weighted by atomic mass is 10.2. The second-order valence-electron chi connectivity index (χ2n) is 5.88. The summed E-state index contributed by atoms with van der Waals surface area (Å²) in [6.07, 6.45) is 6.89. The summed E-state index contributed by atoms with van der Waals surface area (Å²) in [4.78, 5) is 8.48. The molecule has 0 aliphatic carbocycles. The van der Waals surface area contributed by atoms with E-state index in [9.17, 15) is 4.39 Å². The zero-order chi connectivity index (χ0) is 17.4. The van der Waals surface area contributed by atoms with Gasteiger partial charge in [0.05, 0.1) is 11.4 Å². The molecule has 0 radical (unpaired) electrons. The monoisotopic (exact) mass is 336 g/mol. The molecule has 3 aromatic heterocycles. The molecule has 0 saturated heterocycles. The highest BCUT2D eigenvalue weighted by Gasteiger charge is 2.09. The van der Waals surface area contributed by atoms with Gasteiger partial charge in [-0.25, -0.2) is 18.9 Å². The molecule has 0 fully saturated rings. The van der Waals surface area contributed by atoms with Crippen molar-refractivity contribution in [3.8, 4) is 5.69 Å². The van der Waals surface area contributed by atoms with Crippen molar-refractivity contribution >= 4 is 11.3 Å². The highest BCUT2D eigenvalue weighted by atomic mass is 19.1. The van der Waals surface area contributed by atoms with Gasteiger partial charge in [-0.15, -0.1) is 0 Å². The van der Waals surface area contributed by atoms with Crippen LogP contribution < -0.4 is 5.32 Å². The van der Waals surface area contributed by atoms with Gasteiger partial charge >= 0.3 is 0 Å². The van der Waals surface area contributed by atoms with Gasteiger partial charge in [0.15, 0.2) is 5.82 Å². The number of hydrogen-bond donors (Lipinski definition) is 1. The highest BCUT2D eigenvalue weighted by molar-refractivity contribution is 5.67. The third kappa shape index (κ3) is 2.84. The van der Waals surface area contributed by atoms with Crippen molar-refractivity contribution in [3.63, 3.8) is 0 Å². The van der Waals surface area contributed by atoms with E-state index in [0.717, 1.165) is 28.4 Å². The van der Waals surface area contributed by atoms with Gasteiger partial charge in [-0.05, 0) is 37.6 Å². The van der Waals surface area contributed by atoms with Crippen molar-refractivity contribution in [2.45, 2.75) is 20.4 Å². The Morgan fingerprint density at radius 2 is 1.92 bits per heavy atom. The summed E-state index contributed by atoms with van der Waals surface area (Å²) in [7, 11) is 0. The fourth-order valence-corrected chi connectivity index (χ4v) is 2.85. The van der Waals surface area contributed by atoms with Gasteiger partial charge in [-0.2, -0.15) is 5.10 Å². The molecule has 4 rings (SSSR count). The van der Waals surface area contributed by atoms with E-state index in [2.05, 4.69) is 20.4 Å². The third-order valence-corrected chi connectivity index (χ3v) is 4.07. The lowest BCUT2D eigenvalue weighted by Crippen LogP contribution is -2.05. The minimum absolute atomic E-state index is 0.285. The number of halogens is 1. The normalized spacial score (nSPS) is 11.2. The fourth-order valence-electron chi connectivity index (χ4n) is 2.85. The zero-order valence-corrected chi connectivity index (χ0v) is 13.9. The van der Waals surface area contributed by atoms with Crippen molar-refractivity contribution in [1.29, 1.82) is 0 Å². The Hall–Kier alpha value is -3.22. The van der Waals surface area contributed by atoms with Crippen molar-refractivity contribution < 1.29 is 4.39 Å². The standard InChI is InChI=1S/C18H17FN6/c1-12-9-17-18(21-6-8-25(17)23-12)22-11-14-3-4-16(15(19)10-14)24-7-5-20-13(24)2/h3-10H,11H2,1-2H3,(H,21,22). The van der Waals surface area contributed by atoms with E-state index in [0.29, 0.717) is 12.2 Å². The van der Waals surface area contributed by atoms with Crippen LogP contribution in [0.15, 0.2) is 49.1 Å². The number of benzene rings is 1. The summed E-state index contributed by atoms with van der Waals surface area (Å²) in [5.41, 5.74) is 3.14. The second-order valence-corrected chi connectivity index (χ2v) is 5.88. The molecule has 0 amide bonds. The Morgan fingerprint density at radius 3 is 2.68 bits per heavy atom. The maximum Gasteiger partial charge on any atom is 0.152 e. The first kappa shape index (κ1) is 15.3. The van der Waals surface area contributed by atoms with Crippen LogP contribution in [-0.2, 0) is 6.54 Å². The summed E-state index contributed by atoms with van der Waals surface area (Å²) in [5.74, 6) is 1.18. The predicted molar refractivity (Wildman–Crippen MR) is 93.3 cm³/mol. The molecular weight excluding hydrogens is 319 g/mol. The number of nitrogens with zero attached hydrogens (tertiary/aromatic N) is 5. The molecule has 7 heteroatoms. The number of nitrogens with one attached hydrogen (secondary N) is 1. The summed E-state index contributed by atoms with van der Waals surface area (Å²) in [5, 5.41) is 7.61. The second kappa shape index (κ2) is 6.01. The molecule has 126 valence electrons. The van der Waals surface area contributed by atoms with Crippen molar-refractivity contribution in [2.24, 2.45) is 0 Å². The molecule has 0 spiro atoms. The Bertz CT molecular complexity index is 1050. The molecule has 4 aromatic rings. The molecule has 0 unspecified atom stereocenters. The van der Waals surface area contributed by atoms with Gasteiger partial charge in [0, 0.05) is 31.3 Å². The van der Waals surface area contributed by atoms with Crippen molar-refractivity contribution in [2.75, 3.05) is 5.32 Å². The van der Waals surface area contributed by atoms with Gasteiger partial charge in [0.1, 0.15) is 17.2 Å². The quantitative estimate of drug-likeness (QED) is 0.621. The Labute approximate surface area is 144 Å². The fraction of sp³-hybridized carbons (Fsp3) is 0.167. The Balaban J connectivity index is 1.57. The van der Waals surface area contributed by atoms with Gasteiger partial charge in [0.2, 0.25) is 0 Å². The summed E-state index contributed by atoms with van der Waals surface area (Å²) in [6, 6.07) is 7.15. The molecular formula is C18H17FN6. The lowest BCUT2D eigenvalue weighted by molar-refractivity contribution is 0.614. The van der Waals surface area contributed by atoms with Gasteiger partial charge < -0.3 is 9.88 Å². The number of hydrogen-bond acceptors (Lipinski definition) is 4. The van der Waals surface area contributed by atoms with Crippen LogP contribution in [0.2, 0.25) is 0 Å². The maximum absolute atomic E-state index is 14.5. The summed E-state index contributed by atoms with van der Waals surface area (Å²) >= 11 is 0. The molecule has 0 bridgehead atoms. The number of aromatic nitrogens is 5. The van der Waals surface area contributed by atoms with Crippen LogP contribution >= 0.6 is 0 Å². The van der Waals surface area contributed by atoms with Crippen LogP contribution in [0.4, 0.5) is 10.2 Å². The van der Waals surface area contributed by atoms with Crippen LogP contribution in [0.3, 0.4) is 0 Å². The molecule has 0 aliphatic rings. The first-order valence-corrected chi connectivity index (χ1v) is 7.95. The smallest absolute Gasteiger partial charge is 0.152 e. The average Bonchev–Trinajstić information content (AvgIpc) is 3.18. The van der Waals surface area contributed by atoms with Crippen LogP contribution in [0.1, 0.15) is 17.1 Å². The highest BCUT2D eigenvalue weighted by Crippen LogP contribution is 2.19. The number of aryl methyl sites for hydroxylation is 2. The molecule has 1 aromatic carbocycles.